The molecule has 0 saturated heterocycles. The second-order valence-corrected chi connectivity index (χ2v) is 7.94. The van der Waals surface area contributed by atoms with E-state index in [1.165, 1.54) is 5.56 Å². The number of aryl methyl sites for hydroxylation is 2. The minimum Gasteiger partial charge on any atom is -0.206 e. The van der Waals surface area contributed by atoms with Gasteiger partial charge in [0.2, 0.25) is 0 Å². The lowest BCUT2D eigenvalue weighted by Crippen LogP contribution is -2.12. The molecule has 0 aromatic heterocycles. The molecule has 0 spiro atoms. The highest BCUT2D eigenvalue weighted by Crippen LogP contribution is 2.34. The normalized spacial score (nSPS) is 12.7. The van der Waals surface area contributed by atoms with E-state index in [0.717, 1.165) is 41.7 Å². The maximum absolute atomic E-state index is 13.7. The number of rotatable bonds is 7. The Hall–Kier alpha value is -2.69. The van der Waals surface area contributed by atoms with Gasteiger partial charge in [0.15, 0.2) is 0 Å². The van der Waals surface area contributed by atoms with Crippen LogP contribution in [0.2, 0.25) is 0 Å². The Kier molecular flexibility index (Phi) is 7.14. The maximum Gasteiger partial charge on any atom is 0.422 e. The van der Waals surface area contributed by atoms with Crippen LogP contribution in [-0.2, 0) is 19.0 Å². The summed E-state index contributed by atoms with van der Waals surface area (Å²) in [6.07, 6.45) is -2.03. The first-order chi connectivity index (χ1) is 14.7. The molecule has 0 fully saturated rings. The van der Waals surface area contributed by atoms with E-state index >= 15 is 0 Å². The zero-order valence-electron chi connectivity index (χ0n) is 17.6. The average molecular weight is 432 g/mol. The van der Waals surface area contributed by atoms with Gasteiger partial charge in [-0.05, 0) is 65.1 Å². The lowest BCUT2D eigenvalue weighted by molar-refractivity contribution is -0.142. The molecule has 3 aromatic rings. The highest BCUT2D eigenvalue weighted by molar-refractivity contribution is 5.64. The third kappa shape index (κ3) is 5.72. The molecule has 0 aliphatic carbocycles. The van der Waals surface area contributed by atoms with Crippen LogP contribution in [0.5, 0.6) is 0 Å². The van der Waals surface area contributed by atoms with E-state index in [2.05, 4.69) is 38.1 Å². The molecule has 0 radical (unpaired) electrons. The van der Waals surface area contributed by atoms with E-state index in [1.54, 1.807) is 0 Å². The molecule has 1 atom stereocenters. The van der Waals surface area contributed by atoms with Gasteiger partial charge in [-0.15, -0.1) is 0 Å². The Bertz CT molecular complexity index is 978. The zero-order chi connectivity index (χ0) is 22.6. The molecular formula is C26H25F5. The molecule has 0 N–H and O–H groups in total. The Morgan fingerprint density at radius 3 is 1.71 bits per heavy atom. The van der Waals surface area contributed by atoms with Crippen molar-refractivity contribution >= 4 is 0 Å². The summed E-state index contributed by atoms with van der Waals surface area (Å²) in [6, 6.07) is 17.9. The van der Waals surface area contributed by atoms with E-state index in [4.69, 9.17) is 0 Å². The Morgan fingerprint density at radius 1 is 0.742 bits per heavy atom. The number of halogens is 5. The summed E-state index contributed by atoms with van der Waals surface area (Å²) in [5.41, 5.74) is 2.78. The van der Waals surface area contributed by atoms with Crippen LogP contribution >= 0.6 is 0 Å². The first kappa shape index (κ1) is 23.0. The smallest absolute Gasteiger partial charge is 0.206 e. The topological polar surface area (TPSA) is 0 Å². The van der Waals surface area contributed by atoms with Crippen LogP contribution in [0.15, 0.2) is 60.7 Å². The van der Waals surface area contributed by atoms with Crippen molar-refractivity contribution in [2.24, 2.45) is 0 Å². The van der Waals surface area contributed by atoms with Gasteiger partial charge in [-0.2, -0.15) is 13.2 Å². The van der Waals surface area contributed by atoms with Crippen molar-refractivity contribution in [3.8, 4) is 11.1 Å². The van der Waals surface area contributed by atoms with E-state index in [0.29, 0.717) is 12.3 Å². The molecule has 164 valence electrons. The van der Waals surface area contributed by atoms with Crippen molar-refractivity contribution in [2.45, 2.75) is 51.6 Å². The summed E-state index contributed by atoms with van der Waals surface area (Å²) in [7, 11) is 0. The van der Waals surface area contributed by atoms with Crippen LogP contribution in [0.25, 0.3) is 11.1 Å². The van der Waals surface area contributed by atoms with Gasteiger partial charge in [-0.25, -0.2) is 8.78 Å². The SMILES string of the molecule is CCCC(C)c1ccc(-c2ccc(CCc3cc(F)c(C(F)(F)F)c(F)c3)cc2)cc1. The monoisotopic (exact) mass is 432 g/mol. The van der Waals surface area contributed by atoms with E-state index in [-0.39, 0.29) is 12.0 Å². The highest BCUT2D eigenvalue weighted by Gasteiger charge is 2.37. The molecule has 0 heterocycles. The minimum atomic E-state index is -5.05. The highest BCUT2D eigenvalue weighted by atomic mass is 19.4. The van der Waals surface area contributed by atoms with E-state index in [9.17, 15) is 22.0 Å². The number of hydrogen-bond acceptors (Lipinski definition) is 0. The standard InChI is InChI=1S/C26H25F5/c1-3-4-17(2)20-11-13-22(14-12-20)21-9-7-18(8-10-21)5-6-19-15-23(27)25(24(28)16-19)26(29,30)31/h7-17H,3-6H2,1-2H3. The van der Waals surface area contributed by atoms with E-state index in [1.807, 2.05) is 24.3 Å². The Labute approximate surface area is 179 Å². The lowest BCUT2D eigenvalue weighted by Gasteiger charge is -2.12. The third-order valence-electron chi connectivity index (χ3n) is 5.58. The van der Waals surface area contributed by atoms with Crippen LogP contribution in [0.3, 0.4) is 0 Å². The first-order valence-corrected chi connectivity index (χ1v) is 10.4. The van der Waals surface area contributed by atoms with Crippen LogP contribution in [-0.4, -0.2) is 0 Å². The predicted molar refractivity (Wildman–Crippen MR) is 114 cm³/mol. The lowest BCUT2D eigenvalue weighted by atomic mass is 9.94. The summed E-state index contributed by atoms with van der Waals surface area (Å²) in [5, 5.41) is 0. The summed E-state index contributed by atoms with van der Waals surface area (Å²) in [5.74, 6) is -2.62. The van der Waals surface area contributed by atoms with E-state index < -0.39 is 23.4 Å². The molecule has 0 bridgehead atoms. The zero-order valence-corrected chi connectivity index (χ0v) is 17.6. The van der Waals surface area contributed by atoms with Gasteiger partial charge in [0.25, 0.3) is 0 Å². The maximum atomic E-state index is 13.7. The molecule has 0 aliphatic heterocycles. The molecule has 3 rings (SSSR count). The van der Waals surface area contributed by atoms with Gasteiger partial charge in [0.1, 0.15) is 17.2 Å². The van der Waals surface area contributed by atoms with Crippen molar-refractivity contribution < 1.29 is 22.0 Å². The van der Waals surface area contributed by atoms with Crippen molar-refractivity contribution in [3.05, 3.63) is 94.6 Å². The Morgan fingerprint density at radius 2 is 1.23 bits per heavy atom. The van der Waals surface area contributed by atoms with Gasteiger partial charge in [-0.1, -0.05) is 68.8 Å². The molecule has 0 nitrogen and oxygen atoms in total. The molecular weight excluding hydrogens is 407 g/mol. The predicted octanol–water partition coefficient (Wildman–Crippen LogP) is 8.34. The number of alkyl halides is 3. The first-order valence-electron chi connectivity index (χ1n) is 10.4. The minimum absolute atomic E-state index is 0.198. The summed E-state index contributed by atoms with van der Waals surface area (Å²) in [4.78, 5) is 0. The van der Waals surface area contributed by atoms with Gasteiger partial charge in [-0.3, -0.25) is 0 Å². The molecule has 0 aliphatic rings. The van der Waals surface area contributed by atoms with Crippen LogP contribution in [0.4, 0.5) is 22.0 Å². The Balaban J connectivity index is 1.66. The van der Waals surface area contributed by atoms with Crippen LogP contribution < -0.4 is 0 Å². The second-order valence-electron chi connectivity index (χ2n) is 7.94. The fraction of sp³-hybridized carbons (Fsp3) is 0.308. The van der Waals surface area contributed by atoms with Gasteiger partial charge in [0.05, 0.1) is 0 Å². The largest absolute Gasteiger partial charge is 0.422 e. The third-order valence-corrected chi connectivity index (χ3v) is 5.58. The van der Waals surface area contributed by atoms with Crippen molar-refractivity contribution in [2.75, 3.05) is 0 Å². The molecule has 3 aromatic carbocycles. The van der Waals surface area contributed by atoms with Crippen LogP contribution in [0, 0.1) is 11.6 Å². The second kappa shape index (κ2) is 9.63. The fourth-order valence-electron chi connectivity index (χ4n) is 3.80. The van der Waals surface area contributed by atoms with Crippen LogP contribution in [0.1, 0.15) is 54.9 Å². The summed E-state index contributed by atoms with van der Waals surface area (Å²) < 4.78 is 65.5. The number of hydrogen-bond donors (Lipinski definition) is 0. The molecule has 5 heteroatoms. The quantitative estimate of drug-likeness (QED) is 0.329. The van der Waals surface area contributed by atoms with Gasteiger partial charge in [0, 0.05) is 0 Å². The number of benzene rings is 3. The fourth-order valence-corrected chi connectivity index (χ4v) is 3.80. The average Bonchev–Trinajstić information content (AvgIpc) is 2.71. The van der Waals surface area contributed by atoms with Gasteiger partial charge >= 0.3 is 6.18 Å². The summed E-state index contributed by atoms with van der Waals surface area (Å²) >= 11 is 0. The molecule has 31 heavy (non-hydrogen) atoms. The summed E-state index contributed by atoms with van der Waals surface area (Å²) in [6.45, 7) is 4.40. The van der Waals surface area contributed by atoms with Crippen molar-refractivity contribution in [1.29, 1.82) is 0 Å². The molecule has 0 saturated carbocycles. The molecule has 0 amide bonds. The van der Waals surface area contributed by atoms with Gasteiger partial charge < -0.3 is 0 Å². The van der Waals surface area contributed by atoms with Crippen molar-refractivity contribution in [3.63, 3.8) is 0 Å². The molecule has 1 unspecified atom stereocenters. The van der Waals surface area contributed by atoms with Crippen molar-refractivity contribution in [1.82, 2.24) is 0 Å².